The minimum atomic E-state index is 0.513. The van der Waals surface area contributed by atoms with Crippen LogP contribution in [0.2, 0.25) is 0 Å². The first-order chi connectivity index (χ1) is 5.93. The first-order valence-corrected chi connectivity index (χ1v) is 5.29. The maximum Gasteiger partial charge on any atom is 0.0651 e. The van der Waals surface area contributed by atoms with E-state index in [0.717, 1.165) is 6.61 Å². The molecule has 1 aliphatic carbocycles. The van der Waals surface area contributed by atoms with E-state index in [1.807, 2.05) is 12.2 Å². The van der Waals surface area contributed by atoms with Gasteiger partial charge in [-0.2, -0.15) is 0 Å². The monoisotopic (exact) mass is 188 g/mol. The lowest BCUT2D eigenvalue weighted by atomic mass is 9.98. The van der Waals surface area contributed by atoms with Crippen LogP contribution in [0.3, 0.4) is 0 Å². The van der Waals surface area contributed by atoms with Gasteiger partial charge in [0.1, 0.15) is 0 Å². The summed E-state index contributed by atoms with van der Waals surface area (Å²) < 4.78 is 5.64. The zero-order valence-electron chi connectivity index (χ0n) is 7.47. The van der Waals surface area contributed by atoms with Crippen molar-refractivity contribution in [2.75, 3.05) is 12.5 Å². The van der Waals surface area contributed by atoms with Crippen molar-refractivity contribution in [3.05, 3.63) is 12.2 Å². The highest BCUT2D eigenvalue weighted by Crippen LogP contribution is 2.19. The normalized spacial score (nSPS) is 20.4. The van der Waals surface area contributed by atoms with Crippen molar-refractivity contribution in [1.29, 1.82) is 0 Å². The summed E-state index contributed by atoms with van der Waals surface area (Å²) in [4.78, 5) is 0. The molecular weight excluding hydrogens is 172 g/mol. The van der Waals surface area contributed by atoms with E-state index in [1.54, 1.807) is 0 Å². The molecule has 70 valence electrons. The van der Waals surface area contributed by atoms with Gasteiger partial charge in [-0.1, -0.05) is 31.4 Å². The molecule has 0 aromatic rings. The summed E-state index contributed by atoms with van der Waals surface area (Å²) in [5.41, 5.74) is 0. The van der Waals surface area contributed by atoms with Gasteiger partial charge >= 0.3 is 0 Å². The van der Waals surface area contributed by atoms with Crippen LogP contribution < -0.4 is 0 Å². The third-order valence-electron chi connectivity index (χ3n) is 2.24. The summed E-state index contributed by atoms with van der Waals surface area (Å²) in [7, 11) is 0. The SMILES string of the molecule is ClCC=CCOC1CCCCC1. The highest BCUT2D eigenvalue weighted by molar-refractivity contribution is 6.18. The molecule has 0 unspecified atom stereocenters. The lowest BCUT2D eigenvalue weighted by Gasteiger charge is -2.21. The van der Waals surface area contributed by atoms with Crippen LogP contribution >= 0.6 is 11.6 Å². The second kappa shape index (κ2) is 6.50. The minimum absolute atomic E-state index is 0.513. The second-order valence-corrected chi connectivity index (χ2v) is 3.53. The molecule has 0 aromatic heterocycles. The van der Waals surface area contributed by atoms with Crippen LogP contribution in [0, 0.1) is 0 Å². The summed E-state index contributed by atoms with van der Waals surface area (Å²) in [5.74, 6) is 0.591. The Morgan fingerprint density at radius 2 is 1.92 bits per heavy atom. The van der Waals surface area contributed by atoms with Gasteiger partial charge in [-0.05, 0) is 12.8 Å². The Morgan fingerprint density at radius 1 is 1.17 bits per heavy atom. The van der Waals surface area contributed by atoms with Gasteiger partial charge < -0.3 is 4.74 Å². The molecule has 1 nitrogen and oxygen atoms in total. The van der Waals surface area contributed by atoms with Gasteiger partial charge in [0.05, 0.1) is 12.7 Å². The summed E-state index contributed by atoms with van der Waals surface area (Å²) >= 11 is 5.48. The predicted octanol–water partition coefficient (Wildman–Crippen LogP) is 3.13. The fraction of sp³-hybridized carbons (Fsp3) is 0.800. The lowest BCUT2D eigenvalue weighted by molar-refractivity contribution is 0.0465. The molecule has 0 N–H and O–H groups in total. The first-order valence-electron chi connectivity index (χ1n) is 4.76. The molecule has 0 radical (unpaired) electrons. The fourth-order valence-corrected chi connectivity index (χ4v) is 1.68. The quantitative estimate of drug-likeness (QED) is 0.487. The smallest absolute Gasteiger partial charge is 0.0651 e. The van der Waals surface area contributed by atoms with Crippen molar-refractivity contribution in [3.63, 3.8) is 0 Å². The number of hydrogen-bond donors (Lipinski definition) is 0. The van der Waals surface area contributed by atoms with Crippen molar-refractivity contribution in [2.24, 2.45) is 0 Å². The van der Waals surface area contributed by atoms with Crippen LogP contribution in [0.4, 0.5) is 0 Å². The Labute approximate surface area is 79.7 Å². The first kappa shape index (κ1) is 10.1. The molecule has 0 heterocycles. The van der Waals surface area contributed by atoms with Crippen LogP contribution in [0.25, 0.3) is 0 Å². The summed E-state index contributed by atoms with van der Waals surface area (Å²) in [6.45, 7) is 0.734. The molecule has 0 saturated heterocycles. The lowest BCUT2D eigenvalue weighted by Crippen LogP contribution is -2.16. The molecule has 1 saturated carbocycles. The number of halogens is 1. The van der Waals surface area contributed by atoms with E-state index in [2.05, 4.69) is 0 Å². The molecule has 1 aliphatic rings. The number of allylic oxidation sites excluding steroid dienone is 1. The van der Waals surface area contributed by atoms with Crippen molar-refractivity contribution in [2.45, 2.75) is 38.2 Å². The molecule has 0 aliphatic heterocycles. The Bertz CT molecular complexity index is 128. The molecule has 0 amide bonds. The Kier molecular flexibility index (Phi) is 5.46. The number of ether oxygens (including phenoxy) is 1. The predicted molar refractivity (Wildman–Crippen MR) is 52.7 cm³/mol. The molecular formula is C10H17ClO. The number of hydrogen-bond acceptors (Lipinski definition) is 1. The standard InChI is InChI=1S/C10H17ClO/c11-8-4-5-9-12-10-6-2-1-3-7-10/h4-5,10H,1-3,6-9H2. The molecule has 1 rings (SSSR count). The molecule has 2 heteroatoms. The van der Waals surface area contributed by atoms with E-state index < -0.39 is 0 Å². The van der Waals surface area contributed by atoms with E-state index >= 15 is 0 Å². The maximum atomic E-state index is 5.64. The molecule has 0 aromatic carbocycles. The summed E-state index contributed by atoms with van der Waals surface area (Å²) in [5, 5.41) is 0. The van der Waals surface area contributed by atoms with E-state index in [9.17, 15) is 0 Å². The Hall–Kier alpha value is -0.0100. The van der Waals surface area contributed by atoms with Gasteiger partial charge in [-0.25, -0.2) is 0 Å². The highest BCUT2D eigenvalue weighted by atomic mass is 35.5. The van der Waals surface area contributed by atoms with E-state index in [4.69, 9.17) is 16.3 Å². The van der Waals surface area contributed by atoms with Gasteiger partial charge in [-0.15, -0.1) is 11.6 Å². The van der Waals surface area contributed by atoms with Crippen LogP contribution in [-0.2, 0) is 4.74 Å². The zero-order valence-corrected chi connectivity index (χ0v) is 8.22. The molecule has 1 fully saturated rings. The van der Waals surface area contributed by atoms with Gasteiger partial charge in [-0.3, -0.25) is 0 Å². The average molecular weight is 189 g/mol. The van der Waals surface area contributed by atoms with Gasteiger partial charge in [0.2, 0.25) is 0 Å². The third-order valence-corrected chi connectivity index (χ3v) is 2.41. The largest absolute Gasteiger partial charge is 0.374 e. The van der Waals surface area contributed by atoms with Gasteiger partial charge in [0.15, 0.2) is 0 Å². The molecule has 12 heavy (non-hydrogen) atoms. The Morgan fingerprint density at radius 3 is 2.58 bits per heavy atom. The van der Waals surface area contributed by atoms with Crippen LogP contribution in [0.5, 0.6) is 0 Å². The van der Waals surface area contributed by atoms with E-state index in [1.165, 1.54) is 32.1 Å². The zero-order chi connectivity index (χ0) is 8.65. The van der Waals surface area contributed by atoms with Crippen molar-refractivity contribution < 1.29 is 4.74 Å². The number of rotatable bonds is 4. The van der Waals surface area contributed by atoms with Crippen molar-refractivity contribution >= 4 is 11.6 Å². The van der Waals surface area contributed by atoms with Crippen molar-refractivity contribution in [3.8, 4) is 0 Å². The second-order valence-electron chi connectivity index (χ2n) is 3.22. The van der Waals surface area contributed by atoms with Crippen molar-refractivity contribution in [1.82, 2.24) is 0 Å². The van der Waals surface area contributed by atoms with Gasteiger partial charge in [0.25, 0.3) is 0 Å². The van der Waals surface area contributed by atoms with Gasteiger partial charge in [0, 0.05) is 5.88 Å². The Balaban J connectivity index is 2.01. The third kappa shape index (κ3) is 4.13. The minimum Gasteiger partial charge on any atom is -0.374 e. The maximum absolute atomic E-state index is 5.64. The summed E-state index contributed by atoms with van der Waals surface area (Å²) in [6.07, 6.45) is 11.0. The summed E-state index contributed by atoms with van der Waals surface area (Å²) in [6, 6.07) is 0. The number of alkyl halides is 1. The fourth-order valence-electron chi connectivity index (χ4n) is 1.55. The molecule has 0 bridgehead atoms. The average Bonchev–Trinajstić information content (AvgIpc) is 2.14. The van der Waals surface area contributed by atoms with E-state index in [0.29, 0.717) is 12.0 Å². The van der Waals surface area contributed by atoms with Crippen LogP contribution in [0.1, 0.15) is 32.1 Å². The highest BCUT2D eigenvalue weighted by Gasteiger charge is 2.12. The molecule has 0 spiro atoms. The van der Waals surface area contributed by atoms with E-state index in [-0.39, 0.29) is 0 Å². The van der Waals surface area contributed by atoms with Crippen LogP contribution in [0.15, 0.2) is 12.2 Å². The topological polar surface area (TPSA) is 9.23 Å². The van der Waals surface area contributed by atoms with Crippen LogP contribution in [-0.4, -0.2) is 18.6 Å². The molecule has 0 atom stereocenters.